The Balaban J connectivity index is 1.92. The normalized spacial score (nSPS) is 10.8. The monoisotopic (exact) mass is 266 g/mol. The largest absolute Gasteiger partial charge is 0.355 e. The highest BCUT2D eigenvalue weighted by molar-refractivity contribution is 5.80. The molecule has 0 atom stereocenters. The zero-order valence-electron chi connectivity index (χ0n) is 11.6. The molecule has 2 heterocycles. The first-order valence-corrected chi connectivity index (χ1v) is 7.01. The number of imidazole rings is 1. The molecule has 0 saturated heterocycles. The average Bonchev–Trinajstić information content (AvgIpc) is 2.95. The van der Waals surface area contributed by atoms with Crippen molar-refractivity contribution in [2.45, 2.75) is 19.8 Å². The van der Waals surface area contributed by atoms with Crippen molar-refractivity contribution in [3.8, 4) is 5.69 Å². The molecule has 0 radical (unpaired) electrons. The van der Waals surface area contributed by atoms with Gasteiger partial charge in [-0.25, -0.2) is 4.98 Å². The molecule has 3 rings (SSSR count). The average molecular weight is 266 g/mol. The van der Waals surface area contributed by atoms with E-state index < -0.39 is 0 Å². The van der Waals surface area contributed by atoms with E-state index in [0.29, 0.717) is 0 Å². The molecular weight excluding hydrogens is 248 g/mol. The minimum absolute atomic E-state index is 0.890. The third-order valence-corrected chi connectivity index (χ3v) is 3.32. The molecule has 0 bridgehead atoms. The molecule has 0 spiro atoms. The molecule has 0 fully saturated rings. The zero-order valence-corrected chi connectivity index (χ0v) is 11.6. The van der Waals surface area contributed by atoms with Gasteiger partial charge in [0.1, 0.15) is 0 Å². The molecule has 2 aromatic heterocycles. The first-order chi connectivity index (χ1) is 9.88. The van der Waals surface area contributed by atoms with E-state index in [0.717, 1.165) is 35.5 Å². The van der Waals surface area contributed by atoms with E-state index in [4.69, 9.17) is 0 Å². The number of aromatic nitrogens is 3. The summed E-state index contributed by atoms with van der Waals surface area (Å²) in [6, 6.07) is 10.3. The molecule has 1 N–H and O–H groups in total. The third-order valence-electron chi connectivity index (χ3n) is 3.32. The Morgan fingerprint density at radius 2 is 2.10 bits per heavy atom. The second-order valence-corrected chi connectivity index (χ2v) is 4.78. The van der Waals surface area contributed by atoms with Crippen molar-refractivity contribution in [1.82, 2.24) is 14.5 Å². The number of hydrogen-bond donors (Lipinski definition) is 1. The molecule has 0 aliphatic carbocycles. The number of rotatable bonds is 5. The van der Waals surface area contributed by atoms with E-state index in [9.17, 15) is 0 Å². The molecule has 20 heavy (non-hydrogen) atoms. The summed E-state index contributed by atoms with van der Waals surface area (Å²) in [5.41, 5.74) is 2.11. The molecular formula is C16H18N4. The molecule has 1 aromatic carbocycles. The van der Waals surface area contributed by atoms with Crippen LogP contribution in [0.25, 0.3) is 16.6 Å². The first kappa shape index (κ1) is 12.7. The molecule has 4 heteroatoms. The number of nitrogens with zero attached hydrogens (tertiary/aromatic N) is 3. The van der Waals surface area contributed by atoms with E-state index in [1.165, 1.54) is 6.42 Å². The van der Waals surface area contributed by atoms with Crippen LogP contribution in [0.4, 0.5) is 5.95 Å². The molecule has 3 aromatic rings. The van der Waals surface area contributed by atoms with Crippen molar-refractivity contribution in [3.05, 3.63) is 48.9 Å². The zero-order chi connectivity index (χ0) is 13.8. The van der Waals surface area contributed by atoms with Crippen LogP contribution in [-0.4, -0.2) is 21.1 Å². The van der Waals surface area contributed by atoms with Crippen molar-refractivity contribution in [2.75, 3.05) is 11.9 Å². The van der Waals surface area contributed by atoms with Crippen LogP contribution < -0.4 is 5.32 Å². The van der Waals surface area contributed by atoms with Crippen LogP contribution in [0.5, 0.6) is 0 Å². The second-order valence-electron chi connectivity index (χ2n) is 4.78. The summed E-state index contributed by atoms with van der Waals surface area (Å²) in [6.07, 6.45) is 7.94. The number of nitrogens with one attached hydrogen (secondary N) is 1. The van der Waals surface area contributed by atoms with Crippen LogP contribution >= 0.6 is 0 Å². The molecule has 0 aliphatic rings. The summed E-state index contributed by atoms with van der Waals surface area (Å²) in [4.78, 5) is 8.73. The van der Waals surface area contributed by atoms with Crippen molar-refractivity contribution in [2.24, 2.45) is 0 Å². The molecule has 0 unspecified atom stereocenters. The van der Waals surface area contributed by atoms with Gasteiger partial charge in [0.2, 0.25) is 5.95 Å². The number of pyridine rings is 1. The predicted octanol–water partition coefficient (Wildman–Crippen LogP) is 3.63. The van der Waals surface area contributed by atoms with Crippen LogP contribution in [0.3, 0.4) is 0 Å². The van der Waals surface area contributed by atoms with Crippen LogP contribution in [-0.2, 0) is 0 Å². The lowest BCUT2D eigenvalue weighted by molar-refractivity contribution is 0.823. The van der Waals surface area contributed by atoms with Gasteiger partial charge in [-0.15, -0.1) is 0 Å². The molecule has 0 saturated carbocycles. The fourth-order valence-electron chi connectivity index (χ4n) is 2.23. The summed E-state index contributed by atoms with van der Waals surface area (Å²) in [6.45, 7) is 3.13. The molecule has 0 aliphatic heterocycles. The topological polar surface area (TPSA) is 42.7 Å². The maximum atomic E-state index is 4.38. The predicted molar refractivity (Wildman–Crippen MR) is 82.3 cm³/mol. The standard InChI is InChI=1S/C16H18N4/c1-2-3-8-18-16-19-10-11-20(16)14-6-7-15-13(12-14)5-4-9-17-15/h4-7,9-12H,2-3,8H2,1H3,(H,18,19). The summed E-state index contributed by atoms with van der Waals surface area (Å²) in [5.74, 6) is 0.890. The Kier molecular flexibility index (Phi) is 3.63. The number of benzene rings is 1. The van der Waals surface area contributed by atoms with Crippen LogP contribution in [0.15, 0.2) is 48.9 Å². The van der Waals surface area contributed by atoms with Crippen molar-refractivity contribution >= 4 is 16.9 Å². The Labute approximate surface area is 118 Å². The lowest BCUT2D eigenvalue weighted by Gasteiger charge is -2.10. The van der Waals surface area contributed by atoms with Gasteiger partial charge in [-0.3, -0.25) is 9.55 Å². The van der Waals surface area contributed by atoms with E-state index in [-0.39, 0.29) is 0 Å². The number of unbranched alkanes of at least 4 members (excludes halogenated alkanes) is 1. The second kappa shape index (κ2) is 5.74. The summed E-state index contributed by atoms with van der Waals surface area (Å²) in [5, 5.41) is 4.51. The number of fused-ring (bicyclic) bond motifs is 1. The highest BCUT2D eigenvalue weighted by Gasteiger charge is 2.05. The van der Waals surface area contributed by atoms with Gasteiger partial charge < -0.3 is 5.32 Å². The van der Waals surface area contributed by atoms with Gasteiger partial charge >= 0.3 is 0 Å². The van der Waals surface area contributed by atoms with Gasteiger partial charge in [0.05, 0.1) is 5.52 Å². The summed E-state index contributed by atoms with van der Waals surface area (Å²) < 4.78 is 2.07. The lowest BCUT2D eigenvalue weighted by Crippen LogP contribution is -2.07. The van der Waals surface area contributed by atoms with Crippen molar-refractivity contribution < 1.29 is 0 Å². The number of hydrogen-bond acceptors (Lipinski definition) is 3. The lowest BCUT2D eigenvalue weighted by atomic mass is 10.2. The Bertz CT molecular complexity index is 702. The summed E-state index contributed by atoms with van der Waals surface area (Å²) in [7, 11) is 0. The van der Waals surface area contributed by atoms with Crippen molar-refractivity contribution in [3.63, 3.8) is 0 Å². The van der Waals surface area contributed by atoms with Gasteiger partial charge in [0.25, 0.3) is 0 Å². The first-order valence-electron chi connectivity index (χ1n) is 7.01. The fourth-order valence-corrected chi connectivity index (χ4v) is 2.23. The van der Waals surface area contributed by atoms with Gasteiger partial charge in [-0.05, 0) is 30.7 Å². The smallest absolute Gasteiger partial charge is 0.207 e. The minimum atomic E-state index is 0.890. The van der Waals surface area contributed by atoms with Gasteiger partial charge in [0.15, 0.2) is 0 Å². The van der Waals surface area contributed by atoms with E-state index in [2.05, 4.69) is 45.0 Å². The van der Waals surface area contributed by atoms with E-state index in [1.807, 2.05) is 30.7 Å². The SMILES string of the molecule is CCCCNc1nccn1-c1ccc2ncccc2c1. The number of anilines is 1. The Morgan fingerprint density at radius 3 is 3.00 bits per heavy atom. The third kappa shape index (κ3) is 2.50. The Morgan fingerprint density at radius 1 is 1.15 bits per heavy atom. The maximum absolute atomic E-state index is 4.38. The van der Waals surface area contributed by atoms with E-state index >= 15 is 0 Å². The molecule has 102 valence electrons. The minimum Gasteiger partial charge on any atom is -0.355 e. The van der Waals surface area contributed by atoms with Gasteiger partial charge in [-0.1, -0.05) is 19.4 Å². The van der Waals surface area contributed by atoms with Crippen LogP contribution in [0.1, 0.15) is 19.8 Å². The van der Waals surface area contributed by atoms with E-state index in [1.54, 1.807) is 0 Å². The molecule has 4 nitrogen and oxygen atoms in total. The summed E-state index contributed by atoms with van der Waals surface area (Å²) >= 11 is 0. The van der Waals surface area contributed by atoms with Crippen LogP contribution in [0, 0.1) is 0 Å². The van der Waals surface area contributed by atoms with Crippen LogP contribution in [0.2, 0.25) is 0 Å². The molecule has 0 amide bonds. The highest BCUT2D eigenvalue weighted by Crippen LogP contribution is 2.19. The van der Waals surface area contributed by atoms with Gasteiger partial charge in [0, 0.05) is 36.2 Å². The van der Waals surface area contributed by atoms with Crippen molar-refractivity contribution in [1.29, 1.82) is 0 Å². The fraction of sp³-hybridized carbons (Fsp3) is 0.250. The van der Waals surface area contributed by atoms with Gasteiger partial charge in [-0.2, -0.15) is 0 Å². The quantitative estimate of drug-likeness (QED) is 0.717. The maximum Gasteiger partial charge on any atom is 0.207 e. The Hall–Kier alpha value is -2.36. The highest BCUT2D eigenvalue weighted by atomic mass is 15.2.